The number of carbonyl (C=O) groups is 1. The number of aromatic amines is 1. The van der Waals surface area contributed by atoms with E-state index in [1.54, 1.807) is 0 Å². The van der Waals surface area contributed by atoms with Crippen LogP contribution in [0.3, 0.4) is 0 Å². The molecule has 7 heteroatoms. The number of nitrogens with zero attached hydrogens (tertiary/aromatic N) is 2. The van der Waals surface area contributed by atoms with Crippen LogP contribution < -0.4 is 5.32 Å². The van der Waals surface area contributed by atoms with E-state index in [-0.39, 0.29) is 11.8 Å². The highest BCUT2D eigenvalue weighted by molar-refractivity contribution is 9.10. The highest BCUT2D eigenvalue weighted by atomic mass is 79.9. The third-order valence-corrected chi connectivity index (χ3v) is 5.96. The van der Waals surface area contributed by atoms with Gasteiger partial charge in [0.2, 0.25) is 0 Å². The molecule has 1 aromatic carbocycles. The number of hydrogen-bond donors (Lipinski definition) is 2. The fraction of sp³-hybridized carbons (Fsp3) is 0.444. The van der Waals surface area contributed by atoms with E-state index in [0.717, 1.165) is 35.5 Å². The highest BCUT2D eigenvalue weighted by Crippen LogP contribution is 2.26. The van der Waals surface area contributed by atoms with Gasteiger partial charge in [0.25, 0.3) is 5.91 Å². The van der Waals surface area contributed by atoms with Crippen LogP contribution in [0.5, 0.6) is 0 Å². The number of H-pyrrole nitrogens is 1. The zero-order valence-corrected chi connectivity index (χ0v) is 16.9. The van der Waals surface area contributed by atoms with Crippen LogP contribution in [-0.4, -0.2) is 45.6 Å². The highest BCUT2D eigenvalue weighted by Gasteiger charge is 2.19. The van der Waals surface area contributed by atoms with Crippen LogP contribution in [0.15, 0.2) is 28.7 Å². The molecule has 0 spiro atoms. The maximum absolute atomic E-state index is 12.5. The summed E-state index contributed by atoms with van der Waals surface area (Å²) in [6.45, 7) is 7.29. The largest absolute Gasteiger partial charge is 0.321 e. The number of amides is 1. The van der Waals surface area contributed by atoms with Crippen molar-refractivity contribution in [2.24, 2.45) is 0 Å². The lowest BCUT2D eigenvalue weighted by atomic mass is 10.1. The molecular weight excluding hydrogens is 400 g/mol. The van der Waals surface area contributed by atoms with Crippen molar-refractivity contribution in [1.82, 2.24) is 15.1 Å². The summed E-state index contributed by atoms with van der Waals surface area (Å²) < 4.78 is 0.738. The minimum absolute atomic E-state index is 0.207. The van der Waals surface area contributed by atoms with Crippen molar-refractivity contribution in [2.75, 3.05) is 29.9 Å². The number of benzene rings is 1. The number of rotatable bonds is 5. The van der Waals surface area contributed by atoms with Gasteiger partial charge in [-0.1, -0.05) is 26.0 Å². The van der Waals surface area contributed by atoms with Crippen molar-refractivity contribution in [3.8, 4) is 0 Å². The molecule has 0 atom stereocenters. The molecule has 1 saturated heterocycles. The Morgan fingerprint density at radius 1 is 1.40 bits per heavy atom. The van der Waals surface area contributed by atoms with Gasteiger partial charge in [-0.15, -0.1) is 0 Å². The van der Waals surface area contributed by atoms with Gasteiger partial charge in [-0.3, -0.25) is 14.8 Å². The van der Waals surface area contributed by atoms with E-state index in [1.165, 1.54) is 17.1 Å². The number of anilines is 1. The van der Waals surface area contributed by atoms with Crippen molar-refractivity contribution in [3.05, 3.63) is 45.7 Å². The quantitative estimate of drug-likeness (QED) is 0.761. The smallest absolute Gasteiger partial charge is 0.277 e. The topological polar surface area (TPSA) is 61.0 Å². The Bertz CT molecular complexity index is 740. The first-order valence-electron chi connectivity index (χ1n) is 8.48. The molecule has 0 saturated carbocycles. The van der Waals surface area contributed by atoms with E-state index in [1.807, 2.05) is 30.0 Å². The molecule has 1 aliphatic rings. The maximum Gasteiger partial charge on any atom is 0.277 e. The van der Waals surface area contributed by atoms with Gasteiger partial charge in [0.05, 0.1) is 10.2 Å². The molecule has 1 fully saturated rings. The molecule has 0 radical (unpaired) electrons. The monoisotopic (exact) mass is 422 g/mol. The van der Waals surface area contributed by atoms with E-state index in [0.29, 0.717) is 5.69 Å². The molecule has 134 valence electrons. The molecule has 1 aromatic heterocycles. The molecule has 5 nitrogen and oxygen atoms in total. The summed E-state index contributed by atoms with van der Waals surface area (Å²) in [5.41, 5.74) is 3.34. The first kappa shape index (κ1) is 18.5. The van der Waals surface area contributed by atoms with Crippen LogP contribution in [-0.2, 0) is 6.54 Å². The average Bonchev–Trinajstić information content (AvgIpc) is 2.98. The first-order valence-corrected chi connectivity index (χ1v) is 10.4. The Kier molecular flexibility index (Phi) is 6.19. The van der Waals surface area contributed by atoms with Crippen LogP contribution >= 0.6 is 27.7 Å². The summed E-state index contributed by atoms with van der Waals surface area (Å²) in [7, 11) is 0. The van der Waals surface area contributed by atoms with Crippen molar-refractivity contribution < 1.29 is 4.79 Å². The molecule has 2 aromatic rings. The molecule has 0 unspecified atom stereocenters. The number of hydrogen-bond acceptors (Lipinski definition) is 4. The predicted octanol–water partition coefficient (Wildman–Crippen LogP) is 4.10. The van der Waals surface area contributed by atoms with Crippen molar-refractivity contribution in [2.45, 2.75) is 26.3 Å². The Morgan fingerprint density at radius 3 is 2.84 bits per heavy atom. The van der Waals surface area contributed by atoms with Crippen molar-refractivity contribution in [3.63, 3.8) is 0 Å². The molecule has 1 aliphatic heterocycles. The molecule has 2 heterocycles. The van der Waals surface area contributed by atoms with Gasteiger partial charge in [-0.05, 0) is 39.5 Å². The van der Waals surface area contributed by atoms with Gasteiger partial charge in [-0.2, -0.15) is 16.9 Å². The van der Waals surface area contributed by atoms with Gasteiger partial charge in [0, 0.05) is 36.8 Å². The molecule has 0 aliphatic carbocycles. The summed E-state index contributed by atoms with van der Waals surface area (Å²) in [5, 5.41) is 10.0. The van der Waals surface area contributed by atoms with Crippen molar-refractivity contribution >= 4 is 39.3 Å². The minimum atomic E-state index is -0.207. The van der Waals surface area contributed by atoms with Crippen LogP contribution in [0.1, 0.15) is 41.5 Å². The van der Waals surface area contributed by atoms with E-state index in [4.69, 9.17) is 0 Å². The fourth-order valence-electron chi connectivity index (χ4n) is 2.83. The molecule has 3 rings (SSSR count). The number of thioether (sulfide) groups is 1. The minimum Gasteiger partial charge on any atom is -0.321 e. The summed E-state index contributed by atoms with van der Waals surface area (Å²) in [6, 6.07) is 8.06. The lowest BCUT2D eigenvalue weighted by molar-refractivity contribution is 0.102. The zero-order valence-electron chi connectivity index (χ0n) is 14.5. The second kappa shape index (κ2) is 8.38. The molecule has 1 amide bonds. The lowest BCUT2D eigenvalue weighted by Crippen LogP contribution is -2.31. The van der Waals surface area contributed by atoms with Gasteiger partial charge >= 0.3 is 0 Å². The Hall–Kier alpha value is -1.31. The summed E-state index contributed by atoms with van der Waals surface area (Å²) in [4.78, 5) is 15.0. The second-order valence-corrected chi connectivity index (χ2v) is 8.52. The van der Waals surface area contributed by atoms with Crippen LogP contribution in [0.25, 0.3) is 0 Å². The Balaban J connectivity index is 1.68. The van der Waals surface area contributed by atoms with Gasteiger partial charge < -0.3 is 5.32 Å². The van der Waals surface area contributed by atoms with Crippen LogP contribution in [0.2, 0.25) is 0 Å². The molecular formula is C18H23BrN4OS. The van der Waals surface area contributed by atoms with Gasteiger partial charge in [0.15, 0.2) is 5.69 Å². The molecule has 0 bridgehead atoms. The fourth-order valence-corrected chi connectivity index (χ4v) is 4.62. The normalized spacial score (nSPS) is 15.5. The SMILES string of the molecule is CC(C)c1[nH]nc(C(=O)Nc2cccc(CN3CCSCC3)c2)c1Br. The average molecular weight is 423 g/mol. The zero-order chi connectivity index (χ0) is 17.8. The van der Waals surface area contributed by atoms with Crippen LogP contribution in [0, 0.1) is 0 Å². The molecule has 25 heavy (non-hydrogen) atoms. The number of aromatic nitrogens is 2. The third-order valence-electron chi connectivity index (χ3n) is 4.22. The maximum atomic E-state index is 12.5. The summed E-state index contributed by atoms with van der Waals surface area (Å²) in [6.07, 6.45) is 0. The molecule has 2 N–H and O–H groups in total. The van der Waals surface area contributed by atoms with Crippen molar-refractivity contribution in [1.29, 1.82) is 0 Å². The standard InChI is InChI=1S/C18H23BrN4OS/c1-12(2)16-15(19)17(22-21-16)18(24)20-14-5-3-4-13(10-14)11-23-6-8-25-9-7-23/h3-5,10,12H,6-9,11H2,1-2H3,(H,20,24)(H,21,22). The lowest BCUT2D eigenvalue weighted by Gasteiger charge is -2.26. The summed E-state index contributed by atoms with van der Waals surface area (Å²) in [5.74, 6) is 2.46. The Morgan fingerprint density at radius 2 is 2.16 bits per heavy atom. The van der Waals surface area contributed by atoms with Crippen LogP contribution in [0.4, 0.5) is 5.69 Å². The van der Waals surface area contributed by atoms with E-state index in [9.17, 15) is 4.79 Å². The van der Waals surface area contributed by atoms with Gasteiger partial charge in [-0.25, -0.2) is 0 Å². The number of nitrogens with one attached hydrogen (secondary N) is 2. The van der Waals surface area contributed by atoms with E-state index < -0.39 is 0 Å². The number of carbonyl (C=O) groups excluding carboxylic acids is 1. The predicted molar refractivity (Wildman–Crippen MR) is 107 cm³/mol. The van der Waals surface area contributed by atoms with E-state index in [2.05, 4.69) is 56.3 Å². The summed E-state index contributed by atoms with van der Waals surface area (Å²) >= 11 is 5.49. The van der Waals surface area contributed by atoms with E-state index >= 15 is 0 Å². The first-order chi connectivity index (χ1) is 12.0. The van der Waals surface area contributed by atoms with Gasteiger partial charge in [0.1, 0.15) is 0 Å². The second-order valence-electron chi connectivity index (χ2n) is 6.50. The third kappa shape index (κ3) is 4.65. The number of halogens is 1. The Labute approximate surface area is 161 Å².